The van der Waals surface area contributed by atoms with Gasteiger partial charge in [-0.2, -0.15) is 5.10 Å². The Kier molecular flexibility index (Phi) is 7.82. The molecule has 8 nitrogen and oxygen atoms in total. The van der Waals surface area contributed by atoms with Gasteiger partial charge in [-0.3, -0.25) is 19.4 Å². The van der Waals surface area contributed by atoms with Gasteiger partial charge in [0, 0.05) is 38.4 Å². The van der Waals surface area contributed by atoms with E-state index in [1.54, 1.807) is 18.0 Å². The number of carbonyl (C=O) groups is 1. The molecule has 1 amide bonds. The second kappa shape index (κ2) is 11.0. The van der Waals surface area contributed by atoms with Gasteiger partial charge in [0.2, 0.25) is 5.91 Å². The Balaban J connectivity index is 1.52. The lowest BCUT2D eigenvalue weighted by molar-refractivity contribution is -0.132. The quantitative estimate of drug-likeness (QED) is 0.490. The van der Waals surface area contributed by atoms with Crippen molar-refractivity contribution < 1.29 is 14.3 Å². The van der Waals surface area contributed by atoms with Crippen molar-refractivity contribution in [2.75, 3.05) is 26.7 Å². The van der Waals surface area contributed by atoms with E-state index in [0.717, 1.165) is 28.3 Å². The third kappa shape index (κ3) is 5.94. The molecular weight excluding hydrogens is 454 g/mol. The summed E-state index contributed by atoms with van der Waals surface area (Å²) in [6.45, 7) is 4.68. The van der Waals surface area contributed by atoms with Crippen LogP contribution in [0.1, 0.15) is 22.5 Å². The molecule has 1 fully saturated rings. The van der Waals surface area contributed by atoms with E-state index in [-0.39, 0.29) is 18.6 Å². The summed E-state index contributed by atoms with van der Waals surface area (Å²) in [6, 6.07) is 13.6. The number of aromatic nitrogens is 3. The molecule has 1 aliphatic heterocycles. The number of nitrogens with zero attached hydrogens (tertiary/aromatic N) is 5. The summed E-state index contributed by atoms with van der Waals surface area (Å²) in [5.74, 6) is 0.827. The summed E-state index contributed by atoms with van der Waals surface area (Å²) < 4.78 is 13.3. The Hall–Kier alpha value is -2.94. The van der Waals surface area contributed by atoms with Crippen LogP contribution in [0.15, 0.2) is 48.7 Å². The van der Waals surface area contributed by atoms with Gasteiger partial charge in [-0.25, -0.2) is 0 Å². The van der Waals surface area contributed by atoms with Crippen molar-refractivity contribution in [3.8, 4) is 5.75 Å². The highest BCUT2D eigenvalue weighted by molar-refractivity contribution is 6.30. The second-order valence-corrected chi connectivity index (χ2v) is 8.89. The van der Waals surface area contributed by atoms with Gasteiger partial charge in [0.25, 0.3) is 0 Å². The van der Waals surface area contributed by atoms with Crippen molar-refractivity contribution >= 4 is 17.5 Å². The van der Waals surface area contributed by atoms with E-state index >= 15 is 0 Å². The average Bonchev–Trinajstić information content (AvgIpc) is 2.98. The Labute approximate surface area is 205 Å². The standard InChI is InChI=1S/C25H30ClN5O3/c1-18-23(25(26)29(2)28-18)15-30-13-22(34-17-19-7-6-9-21(11-19)33-3)14-31(24(32)16-30)12-20-8-4-5-10-27-20/h4-11,22H,12-17H2,1-3H3. The fourth-order valence-electron chi connectivity index (χ4n) is 4.17. The molecule has 0 saturated carbocycles. The molecule has 180 valence electrons. The molecule has 0 N–H and O–H groups in total. The molecule has 2 aromatic heterocycles. The maximum atomic E-state index is 13.2. The van der Waals surface area contributed by atoms with Gasteiger partial charge in [-0.15, -0.1) is 0 Å². The Morgan fingerprint density at radius 2 is 2.00 bits per heavy atom. The number of hydrogen-bond donors (Lipinski definition) is 0. The van der Waals surface area contributed by atoms with E-state index in [2.05, 4.69) is 15.0 Å². The summed E-state index contributed by atoms with van der Waals surface area (Å²) in [5.41, 5.74) is 3.66. The number of aryl methyl sites for hydroxylation is 2. The third-order valence-electron chi connectivity index (χ3n) is 5.95. The number of rotatable bonds is 8. The summed E-state index contributed by atoms with van der Waals surface area (Å²) in [5, 5.41) is 5.00. The first kappa shape index (κ1) is 24.2. The van der Waals surface area contributed by atoms with Crippen molar-refractivity contribution in [2.24, 2.45) is 7.05 Å². The summed E-state index contributed by atoms with van der Waals surface area (Å²) >= 11 is 6.48. The number of ether oxygens (including phenoxy) is 2. The van der Waals surface area contributed by atoms with Crippen LogP contribution in [0, 0.1) is 6.92 Å². The van der Waals surface area contributed by atoms with E-state index in [1.807, 2.05) is 61.3 Å². The molecule has 9 heteroatoms. The van der Waals surface area contributed by atoms with Gasteiger partial charge in [0.15, 0.2) is 0 Å². The van der Waals surface area contributed by atoms with E-state index in [4.69, 9.17) is 21.1 Å². The van der Waals surface area contributed by atoms with Crippen molar-refractivity contribution in [1.29, 1.82) is 0 Å². The predicted octanol–water partition coefficient (Wildman–Crippen LogP) is 3.22. The number of methoxy groups -OCH3 is 1. The third-order valence-corrected chi connectivity index (χ3v) is 6.42. The number of pyridine rings is 1. The minimum Gasteiger partial charge on any atom is -0.497 e. The molecule has 0 spiro atoms. The van der Waals surface area contributed by atoms with Crippen LogP contribution in [0.2, 0.25) is 5.15 Å². The zero-order valence-corrected chi connectivity index (χ0v) is 20.5. The topological polar surface area (TPSA) is 72.7 Å². The van der Waals surface area contributed by atoms with Crippen LogP contribution in [0.3, 0.4) is 0 Å². The zero-order chi connectivity index (χ0) is 24.1. The van der Waals surface area contributed by atoms with E-state index in [1.165, 1.54) is 0 Å². The molecule has 1 unspecified atom stereocenters. The zero-order valence-electron chi connectivity index (χ0n) is 19.8. The molecule has 3 heterocycles. The minimum atomic E-state index is -0.183. The van der Waals surface area contributed by atoms with Gasteiger partial charge in [0.1, 0.15) is 10.9 Å². The largest absolute Gasteiger partial charge is 0.497 e. The molecule has 1 aliphatic rings. The highest BCUT2D eigenvalue weighted by Gasteiger charge is 2.30. The highest BCUT2D eigenvalue weighted by Crippen LogP contribution is 2.23. The highest BCUT2D eigenvalue weighted by atomic mass is 35.5. The maximum absolute atomic E-state index is 13.2. The minimum absolute atomic E-state index is 0.0378. The molecular formula is C25H30ClN5O3. The summed E-state index contributed by atoms with van der Waals surface area (Å²) in [6.07, 6.45) is 1.56. The number of amides is 1. The van der Waals surface area contributed by atoms with Gasteiger partial charge in [-0.05, 0) is 36.8 Å². The van der Waals surface area contributed by atoms with Crippen LogP contribution in [-0.2, 0) is 36.3 Å². The summed E-state index contributed by atoms with van der Waals surface area (Å²) in [4.78, 5) is 21.5. The van der Waals surface area contributed by atoms with Crippen molar-refractivity contribution in [1.82, 2.24) is 24.6 Å². The van der Waals surface area contributed by atoms with Crippen LogP contribution in [0.5, 0.6) is 5.75 Å². The lowest BCUT2D eigenvalue weighted by atomic mass is 10.2. The molecule has 0 bridgehead atoms. The SMILES string of the molecule is COc1cccc(COC2CN(Cc3c(C)nn(C)c3Cl)CC(=O)N(Cc3ccccn3)C2)c1. The normalized spacial score (nSPS) is 17.1. The molecule has 34 heavy (non-hydrogen) atoms. The van der Waals surface area contributed by atoms with Gasteiger partial charge < -0.3 is 14.4 Å². The Morgan fingerprint density at radius 1 is 1.15 bits per heavy atom. The number of hydrogen-bond acceptors (Lipinski definition) is 6. The Bertz CT molecular complexity index is 1120. The first-order valence-electron chi connectivity index (χ1n) is 11.3. The van der Waals surface area contributed by atoms with Crippen LogP contribution < -0.4 is 4.74 Å². The molecule has 1 atom stereocenters. The summed E-state index contributed by atoms with van der Waals surface area (Å²) in [7, 11) is 3.47. The lowest BCUT2D eigenvalue weighted by Crippen LogP contribution is -2.37. The predicted molar refractivity (Wildman–Crippen MR) is 129 cm³/mol. The average molecular weight is 484 g/mol. The van der Waals surface area contributed by atoms with Crippen LogP contribution in [0.4, 0.5) is 0 Å². The number of halogens is 1. The van der Waals surface area contributed by atoms with Crippen molar-refractivity contribution in [3.63, 3.8) is 0 Å². The number of benzene rings is 1. The molecule has 0 radical (unpaired) electrons. The fourth-order valence-corrected chi connectivity index (χ4v) is 4.40. The first-order chi connectivity index (χ1) is 16.4. The van der Waals surface area contributed by atoms with Crippen LogP contribution in [-0.4, -0.2) is 63.3 Å². The van der Waals surface area contributed by atoms with Gasteiger partial charge in [0.05, 0.1) is 44.3 Å². The first-order valence-corrected chi connectivity index (χ1v) is 11.6. The number of carbonyl (C=O) groups excluding carboxylic acids is 1. The fraction of sp³-hybridized carbons (Fsp3) is 0.400. The Morgan fingerprint density at radius 3 is 2.71 bits per heavy atom. The van der Waals surface area contributed by atoms with Gasteiger partial charge >= 0.3 is 0 Å². The van der Waals surface area contributed by atoms with E-state index in [9.17, 15) is 4.79 Å². The molecule has 1 saturated heterocycles. The molecule has 3 aromatic rings. The molecule has 4 rings (SSSR count). The lowest BCUT2D eigenvalue weighted by Gasteiger charge is -2.25. The van der Waals surface area contributed by atoms with Crippen molar-refractivity contribution in [3.05, 3.63) is 76.3 Å². The monoisotopic (exact) mass is 483 g/mol. The van der Waals surface area contributed by atoms with E-state index in [0.29, 0.717) is 37.9 Å². The molecule has 1 aromatic carbocycles. The van der Waals surface area contributed by atoms with Crippen LogP contribution >= 0.6 is 11.6 Å². The van der Waals surface area contributed by atoms with Crippen LogP contribution in [0.25, 0.3) is 0 Å². The maximum Gasteiger partial charge on any atom is 0.237 e. The van der Waals surface area contributed by atoms with Crippen molar-refractivity contribution in [2.45, 2.75) is 32.7 Å². The molecule has 0 aliphatic carbocycles. The second-order valence-electron chi connectivity index (χ2n) is 8.53. The van der Waals surface area contributed by atoms with E-state index < -0.39 is 0 Å². The smallest absolute Gasteiger partial charge is 0.237 e. The van der Waals surface area contributed by atoms with Gasteiger partial charge in [-0.1, -0.05) is 29.8 Å².